The Bertz CT molecular complexity index is 2110. The van der Waals surface area contributed by atoms with E-state index in [4.69, 9.17) is 24.4 Å². The molecule has 2 atom stereocenters. The number of rotatable bonds is 8. The molecule has 7 aromatic rings. The first-order chi connectivity index (χ1) is 23.7. The van der Waals surface area contributed by atoms with E-state index in [2.05, 4.69) is 67.6 Å². The molecule has 5 nitrogen and oxygen atoms in total. The number of nitrogens with zero attached hydrogens (tertiary/aromatic N) is 4. The van der Waals surface area contributed by atoms with Gasteiger partial charge in [-0.05, 0) is 53.5 Å². The van der Waals surface area contributed by atoms with E-state index in [0.29, 0.717) is 23.4 Å². The highest BCUT2D eigenvalue weighted by molar-refractivity contribution is 5.93. The molecule has 0 aliphatic heterocycles. The van der Waals surface area contributed by atoms with Crippen LogP contribution < -0.4 is 0 Å². The molecule has 0 saturated heterocycles. The molecular formula is C43H38N4O. The maximum Gasteiger partial charge on any atom is 0.182 e. The van der Waals surface area contributed by atoms with E-state index in [1.807, 2.05) is 60.7 Å². The third-order valence-electron chi connectivity index (χ3n) is 9.76. The second-order valence-electron chi connectivity index (χ2n) is 13.0. The van der Waals surface area contributed by atoms with Gasteiger partial charge < -0.3 is 4.42 Å². The standard InChI is InChI=1S/C43H38N4O/c1-2-12-29-13-9-20-34(25-29)38-24-23-37(39-40(38)48-28-44-39)35-21-10-18-32(26-35)33-19-11-22-36(27-33)43-46-41(30-14-5-3-6-15-30)45-42(47-43)31-16-7-4-8-17-31/h3-8,10-11,14-19,21-24,26-29,34H,2,9,12-13,20,25H2,1H3. The summed E-state index contributed by atoms with van der Waals surface area (Å²) < 4.78 is 6.09. The van der Waals surface area contributed by atoms with E-state index in [1.165, 1.54) is 44.1 Å². The van der Waals surface area contributed by atoms with Crippen LogP contribution in [-0.2, 0) is 0 Å². The molecule has 1 fully saturated rings. The van der Waals surface area contributed by atoms with Crippen LogP contribution in [0.3, 0.4) is 0 Å². The number of aromatic nitrogens is 4. The minimum absolute atomic E-state index is 0.536. The minimum Gasteiger partial charge on any atom is -0.443 e. The molecule has 0 bridgehead atoms. The fourth-order valence-electron chi connectivity index (χ4n) is 7.41. The van der Waals surface area contributed by atoms with Crippen molar-refractivity contribution in [3.8, 4) is 56.4 Å². The summed E-state index contributed by atoms with van der Waals surface area (Å²) in [4.78, 5) is 19.5. The summed E-state index contributed by atoms with van der Waals surface area (Å²) in [6.07, 6.45) is 9.30. The molecule has 1 saturated carbocycles. The van der Waals surface area contributed by atoms with Gasteiger partial charge in [0.15, 0.2) is 29.4 Å². The number of hydrogen-bond acceptors (Lipinski definition) is 5. The molecule has 0 amide bonds. The first-order valence-corrected chi connectivity index (χ1v) is 17.2. The van der Waals surface area contributed by atoms with E-state index in [0.717, 1.165) is 56.0 Å². The monoisotopic (exact) mass is 626 g/mol. The van der Waals surface area contributed by atoms with Crippen molar-refractivity contribution in [3.63, 3.8) is 0 Å². The van der Waals surface area contributed by atoms with Crippen LogP contribution in [0.1, 0.15) is 56.9 Å². The van der Waals surface area contributed by atoms with Crippen molar-refractivity contribution >= 4 is 11.1 Å². The fraction of sp³-hybridized carbons (Fsp3) is 0.209. The smallest absolute Gasteiger partial charge is 0.182 e. The molecule has 48 heavy (non-hydrogen) atoms. The zero-order valence-electron chi connectivity index (χ0n) is 27.2. The lowest BCUT2D eigenvalue weighted by atomic mass is 9.76. The molecule has 5 heteroatoms. The predicted molar refractivity (Wildman–Crippen MR) is 194 cm³/mol. The molecule has 2 aromatic heterocycles. The minimum atomic E-state index is 0.536. The molecule has 5 aromatic carbocycles. The highest BCUT2D eigenvalue weighted by Crippen LogP contribution is 2.42. The first-order valence-electron chi connectivity index (χ1n) is 17.2. The lowest BCUT2D eigenvalue weighted by molar-refractivity contribution is 0.304. The van der Waals surface area contributed by atoms with Crippen molar-refractivity contribution in [2.75, 3.05) is 0 Å². The quantitative estimate of drug-likeness (QED) is 0.168. The summed E-state index contributed by atoms with van der Waals surface area (Å²) in [5.41, 5.74) is 10.5. The lowest BCUT2D eigenvalue weighted by Gasteiger charge is -2.29. The Balaban J connectivity index is 1.15. The third-order valence-corrected chi connectivity index (χ3v) is 9.76. The van der Waals surface area contributed by atoms with Gasteiger partial charge in [-0.15, -0.1) is 0 Å². The van der Waals surface area contributed by atoms with Crippen LogP contribution in [0.5, 0.6) is 0 Å². The number of fused-ring (bicyclic) bond motifs is 1. The first kappa shape index (κ1) is 29.9. The van der Waals surface area contributed by atoms with Gasteiger partial charge >= 0.3 is 0 Å². The average Bonchev–Trinajstić information content (AvgIpc) is 3.66. The average molecular weight is 627 g/mol. The van der Waals surface area contributed by atoms with E-state index >= 15 is 0 Å². The van der Waals surface area contributed by atoms with E-state index < -0.39 is 0 Å². The van der Waals surface area contributed by atoms with E-state index in [1.54, 1.807) is 6.39 Å². The van der Waals surface area contributed by atoms with Gasteiger partial charge in [0.25, 0.3) is 0 Å². The summed E-state index contributed by atoms with van der Waals surface area (Å²) in [5, 5.41) is 0. The molecule has 2 heterocycles. The van der Waals surface area contributed by atoms with Gasteiger partial charge in [-0.25, -0.2) is 19.9 Å². The second kappa shape index (κ2) is 13.4. The van der Waals surface area contributed by atoms with E-state index in [9.17, 15) is 0 Å². The molecule has 1 aliphatic carbocycles. The van der Waals surface area contributed by atoms with Crippen LogP contribution in [0.4, 0.5) is 0 Å². The fourth-order valence-corrected chi connectivity index (χ4v) is 7.41. The second-order valence-corrected chi connectivity index (χ2v) is 13.0. The topological polar surface area (TPSA) is 64.7 Å². The SMILES string of the molecule is CCCC1CCCC(c2ccc(-c3cccc(-c4cccc(-c5nc(-c6ccccc6)nc(-c6ccccc6)n5)c4)c3)c3ncoc23)C1. The molecule has 0 N–H and O–H groups in total. The van der Waals surface area contributed by atoms with Crippen LogP contribution in [0.15, 0.2) is 132 Å². The normalized spacial score (nSPS) is 16.3. The van der Waals surface area contributed by atoms with Crippen LogP contribution in [0.25, 0.3) is 67.5 Å². The van der Waals surface area contributed by atoms with Gasteiger partial charge in [0.2, 0.25) is 0 Å². The maximum absolute atomic E-state index is 6.09. The summed E-state index contributed by atoms with van der Waals surface area (Å²) in [6.45, 7) is 2.30. The number of hydrogen-bond donors (Lipinski definition) is 0. The van der Waals surface area contributed by atoms with E-state index in [-0.39, 0.29) is 0 Å². The Labute approximate surface area is 281 Å². The molecular weight excluding hydrogens is 589 g/mol. The molecule has 2 unspecified atom stereocenters. The highest BCUT2D eigenvalue weighted by atomic mass is 16.3. The zero-order valence-corrected chi connectivity index (χ0v) is 27.2. The molecule has 236 valence electrons. The Morgan fingerprint density at radius 3 is 1.85 bits per heavy atom. The molecule has 0 spiro atoms. The van der Waals surface area contributed by atoms with Gasteiger partial charge in [-0.3, -0.25) is 0 Å². The maximum atomic E-state index is 6.09. The van der Waals surface area contributed by atoms with Gasteiger partial charge in [0, 0.05) is 27.8 Å². The lowest BCUT2D eigenvalue weighted by Crippen LogP contribution is -2.14. The van der Waals surface area contributed by atoms with Crippen molar-refractivity contribution in [2.24, 2.45) is 5.92 Å². The predicted octanol–water partition coefficient (Wildman–Crippen LogP) is 11.4. The van der Waals surface area contributed by atoms with Crippen LogP contribution in [0.2, 0.25) is 0 Å². The van der Waals surface area contributed by atoms with Gasteiger partial charge in [-0.1, -0.05) is 142 Å². The molecule has 0 radical (unpaired) electrons. The third kappa shape index (κ3) is 6.04. The zero-order chi connectivity index (χ0) is 32.3. The van der Waals surface area contributed by atoms with Crippen LogP contribution >= 0.6 is 0 Å². The molecule has 1 aliphatic rings. The molecule has 8 rings (SSSR count). The summed E-state index contributed by atoms with van der Waals surface area (Å²) in [6, 6.07) is 41.9. The van der Waals surface area contributed by atoms with Crippen molar-refractivity contribution in [2.45, 2.75) is 51.4 Å². The Kier molecular flexibility index (Phi) is 8.34. The number of oxazole rings is 1. The van der Waals surface area contributed by atoms with Crippen molar-refractivity contribution in [1.82, 2.24) is 19.9 Å². The largest absolute Gasteiger partial charge is 0.443 e. The Morgan fingerprint density at radius 2 is 1.19 bits per heavy atom. The van der Waals surface area contributed by atoms with Gasteiger partial charge in [0.1, 0.15) is 5.52 Å². The Hall–Kier alpha value is -5.42. The summed E-state index contributed by atoms with van der Waals surface area (Å²) >= 11 is 0. The van der Waals surface area contributed by atoms with Crippen molar-refractivity contribution < 1.29 is 4.42 Å². The Morgan fingerprint density at radius 1 is 0.604 bits per heavy atom. The van der Waals surface area contributed by atoms with Crippen molar-refractivity contribution in [3.05, 3.63) is 133 Å². The van der Waals surface area contributed by atoms with Crippen molar-refractivity contribution in [1.29, 1.82) is 0 Å². The van der Waals surface area contributed by atoms with Crippen LogP contribution in [-0.4, -0.2) is 19.9 Å². The van der Waals surface area contributed by atoms with Crippen LogP contribution in [0, 0.1) is 5.92 Å². The summed E-state index contributed by atoms with van der Waals surface area (Å²) in [7, 11) is 0. The number of benzene rings is 5. The van der Waals surface area contributed by atoms with Gasteiger partial charge in [-0.2, -0.15) is 0 Å². The summed E-state index contributed by atoms with van der Waals surface area (Å²) in [5.74, 6) is 3.30. The highest BCUT2D eigenvalue weighted by Gasteiger charge is 2.26. The van der Waals surface area contributed by atoms with Gasteiger partial charge in [0.05, 0.1) is 0 Å².